The number of fused-ring (bicyclic) bond motifs is 1. The Bertz CT molecular complexity index is 1320. The first kappa shape index (κ1) is 17.4. The highest BCUT2D eigenvalue weighted by Crippen LogP contribution is 2.34. The summed E-state index contributed by atoms with van der Waals surface area (Å²) < 4.78 is 2.12. The van der Waals surface area contributed by atoms with Gasteiger partial charge in [0.15, 0.2) is 11.5 Å². The van der Waals surface area contributed by atoms with Crippen LogP contribution < -0.4 is 0 Å². The molecule has 3 aromatic carbocycles. The minimum atomic E-state index is 0.853. The predicted molar refractivity (Wildman–Crippen MR) is 119 cm³/mol. The van der Waals surface area contributed by atoms with E-state index >= 15 is 0 Å². The second-order valence-corrected chi connectivity index (χ2v) is 7.36. The van der Waals surface area contributed by atoms with Crippen LogP contribution in [0.25, 0.3) is 39.3 Å². The highest BCUT2D eigenvalue weighted by atomic mass is 15.2. The van der Waals surface area contributed by atoms with Gasteiger partial charge in [-0.05, 0) is 47.7 Å². The van der Waals surface area contributed by atoms with Gasteiger partial charge in [0.05, 0.1) is 0 Å². The van der Waals surface area contributed by atoms with E-state index in [1.165, 1.54) is 22.3 Å². The minimum Gasteiger partial charge on any atom is -0.281 e. The molecule has 0 aliphatic carbocycles. The van der Waals surface area contributed by atoms with Crippen LogP contribution in [-0.4, -0.2) is 14.6 Å². The molecule has 0 atom stereocenters. The van der Waals surface area contributed by atoms with Gasteiger partial charge >= 0.3 is 0 Å². The highest BCUT2D eigenvalue weighted by Gasteiger charge is 2.16. The van der Waals surface area contributed by atoms with Crippen molar-refractivity contribution < 1.29 is 0 Å². The molecule has 3 heteroatoms. The Hall–Kier alpha value is -3.72. The van der Waals surface area contributed by atoms with Crippen LogP contribution in [0.3, 0.4) is 0 Å². The number of rotatable bonds is 3. The second-order valence-electron chi connectivity index (χ2n) is 7.36. The van der Waals surface area contributed by atoms with Gasteiger partial charge in [-0.3, -0.25) is 4.40 Å². The fourth-order valence-electron chi connectivity index (χ4n) is 3.90. The van der Waals surface area contributed by atoms with E-state index in [9.17, 15) is 0 Å². The number of pyridine rings is 1. The lowest BCUT2D eigenvalue weighted by Gasteiger charge is -2.13. The first-order valence-corrected chi connectivity index (χ1v) is 9.78. The van der Waals surface area contributed by atoms with Crippen molar-refractivity contribution in [3.8, 4) is 33.6 Å². The van der Waals surface area contributed by atoms with Crippen LogP contribution in [0.4, 0.5) is 0 Å². The van der Waals surface area contributed by atoms with Crippen molar-refractivity contribution in [2.75, 3.05) is 0 Å². The van der Waals surface area contributed by atoms with Gasteiger partial charge in [-0.1, -0.05) is 78.9 Å². The van der Waals surface area contributed by atoms with Crippen molar-refractivity contribution in [3.63, 3.8) is 0 Å². The molecule has 0 saturated carbocycles. The van der Waals surface area contributed by atoms with Crippen LogP contribution in [0.1, 0.15) is 11.1 Å². The zero-order valence-electron chi connectivity index (χ0n) is 16.5. The zero-order chi connectivity index (χ0) is 19.8. The summed E-state index contributed by atoms with van der Waals surface area (Å²) >= 11 is 0. The summed E-state index contributed by atoms with van der Waals surface area (Å²) in [6, 6.07) is 29.4. The van der Waals surface area contributed by atoms with E-state index in [0.717, 1.165) is 28.2 Å². The third-order valence-corrected chi connectivity index (χ3v) is 5.43. The zero-order valence-corrected chi connectivity index (χ0v) is 16.5. The lowest BCUT2D eigenvalue weighted by atomic mass is 9.96. The number of hydrogen-bond acceptors (Lipinski definition) is 2. The minimum absolute atomic E-state index is 0.853. The summed E-state index contributed by atoms with van der Waals surface area (Å²) in [5.74, 6) is 0.853. The molecule has 0 unspecified atom stereocenters. The van der Waals surface area contributed by atoms with Crippen molar-refractivity contribution >= 4 is 5.65 Å². The Labute approximate surface area is 170 Å². The molecular formula is C26H21N3. The lowest BCUT2D eigenvalue weighted by molar-refractivity contribution is 1.11. The maximum Gasteiger partial charge on any atom is 0.169 e. The average molecular weight is 375 g/mol. The van der Waals surface area contributed by atoms with Crippen molar-refractivity contribution in [2.45, 2.75) is 13.8 Å². The molecule has 0 N–H and O–H groups in total. The van der Waals surface area contributed by atoms with E-state index in [-0.39, 0.29) is 0 Å². The first-order chi connectivity index (χ1) is 14.2. The maximum absolute atomic E-state index is 4.58. The molecule has 0 saturated heterocycles. The molecule has 2 heterocycles. The van der Waals surface area contributed by atoms with Crippen LogP contribution in [0.5, 0.6) is 0 Å². The molecule has 0 amide bonds. The number of aryl methyl sites for hydroxylation is 2. The molecule has 5 rings (SSSR count). The van der Waals surface area contributed by atoms with Gasteiger partial charge in [0.25, 0.3) is 0 Å². The summed E-state index contributed by atoms with van der Waals surface area (Å²) in [4.78, 5) is 0. The van der Waals surface area contributed by atoms with E-state index in [4.69, 9.17) is 0 Å². The van der Waals surface area contributed by atoms with Crippen LogP contribution in [0.2, 0.25) is 0 Å². The van der Waals surface area contributed by atoms with Gasteiger partial charge in [0.1, 0.15) is 0 Å². The third-order valence-electron chi connectivity index (χ3n) is 5.43. The van der Waals surface area contributed by atoms with Gasteiger partial charge in [0.2, 0.25) is 0 Å². The molecule has 0 bridgehead atoms. The molecule has 3 nitrogen and oxygen atoms in total. The molecule has 0 spiro atoms. The van der Waals surface area contributed by atoms with Crippen molar-refractivity contribution in [3.05, 3.63) is 102 Å². The smallest absolute Gasteiger partial charge is 0.169 e. The largest absolute Gasteiger partial charge is 0.281 e. The Morgan fingerprint density at radius 2 is 1.21 bits per heavy atom. The molecule has 5 aromatic rings. The number of aromatic nitrogens is 3. The number of hydrogen-bond donors (Lipinski definition) is 0. The highest BCUT2D eigenvalue weighted by molar-refractivity contribution is 5.85. The second kappa shape index (κ2) is 7.02. The van der Waals surface area contributed by atoms with Crippen LogP contribution in [0.15, 0.2) is 91.1 Å². The topological polar surface area (TPSA) is 30.2 Å². The average Bonchev–Trinajstić information content (AvgIpc) is 3.19. The third kappa shape index (κ3) is 3.01. The van der Waals surface area contributed by atoms with Crippen molar-refractivity contribution in [1.82, 2.24) is 14.6 Å². The Morgan fingerprint density at radius 1 is 0.586 bits per heavy atom. The normalized spacial score (nSPS) is 11.1. The standard InChI is InChI=1S/C26H21N3/c1-18-10-6-8-14-22(18)21-16-24(23-15-9-7-11-19(23)2)26-28-27-25(29(26)17-21)20-12-4-3-5-13-20/h3-17H,1-2H3. The molecule has 0 radical (unpaired) electrons. The van der Waals surface area contributed by atoms with E-state index in [0.29, 0.717) is 0 Å². The lowest BCUT2D eigenvalue weighted by Crippen LogP contribution is -1.96. The Balaban J connectivity index is 1.85. The Kier molecular flexibility index (Phi) is 4.21. The van der Waals surface area contributed by atoms with Gasteiger partial charge in [0, 0.05) is 17.3 Å². The van der Waals surface area contributed by atoms with Gasteiger partial charge in [-0.15, -0.1) is 10.2 Å². The van der Waals surface area contributed by atoms with Crippen molar-refractivity contribution in [2.24, 2.45) is 0 Å². The SMILES string of the molecule is Cc1ccccc1-c1cc(-c2ccccc2C)c2nnc(-c3ccccc3)n2c1. The molecule has 0 aliphatic rings. The van der Waals surface area contributed by atoms with Gasteiger partial charge < -0.3 is 0 Å². The van der Waals surface area contributed by atoms with Crippen molar-refractivity contribution in [1.29, 1.82) is 0 Å². The van der Waals surface area contributed by atoms with Crippen LogP contribution >= 0.6 is 0 Å². The first-order valence-electron chi connectivity index (χ1n) is 9.78. The van der Waals surface area contributed by atoms with E-state index < -0.39 is 0 Å². The molecule has 29 heavy (non-hydrogen) atoms. The number of benzene rings is 3. The van der Waals surface area contributed by atoms with Gasteiger partial charge in [-0.25, -0.2) is 0 Å². The van der Waals surface area contributed by atoms with Crippen LogP contribution in [-0.2, 0) is 0 Å². The molecule has 140 valence electrons. The molecule has 0 fully saturated rings. The summed E-state index contributed by atoms with van der Waals surface area (Å²) in [6.45, 7) is 4.29. The summed E-state index contributed by atoms with van der Waals surface area (Å²) in [5, 5.41) is 9.13. The monoisotopic (exact) mass is 375 g/mol. The van der Waals surface area contributed by atoms with E-state index in [2.05, 4.69) is 101 Å². The molecule has 0 aliphatic heterocycles. The maximum atomic E-state index is 4.58. The summed E-state index contributed by atoms with van der Waals surface area (Å²) in [7, 11) is 0. The number of nitrogens with zero attached hydrogens (tertiary/aromatic N) is 3. The van der Waals surface area contributed by atoms with E-state index in [1.807, 2.05) is 18.2 Å². The molecule has 2 aromatic heterocycles. The predicted octanol–water partition coefficient (Wildman–Crippen LogP) is 6.35. The Morgan fingerprint density at radius 3 is 1.90 bits per heavy atom. The summed E-state index contributed by atoms with van der Waals surface area (Å²) in [6.07, 6.45) is 2.15. The fourth-order valence-corrected chi connectivity index (χ4v) is 3.90. The van der Waals surface area contributed by atoms with E-state index in [1.54, 1.807) is 0 Å². The molecular weight excluding hydrogens is 354 g/mol. The van der Waals surface area contributed by atoms with Gasteiger partial charge in [-0.2, -0.15) is 0 Å². The summed E-state index contributed by atoms with van der Waals surface area (Å²) in [5.41, 5.74) is 9.05. The quantitative estimate of drug-likeness (QED) is 0.368. The fraction of sp³-hybridized carbons (Fsp3) is 0.0769. The van der Waals surface area contributed by atoms with Crippen LogP contribution in [0, 0.1) is 13.8 Å².